The third kappa shape index (κ3) is 7.50. The number of para-hydroxylation sites is 6. The lowest BCUT2D eigenvalue weighted by molar-refractivity contribution is 0.581. The lowest BCUT2D eigenvalue weighted by atomic mass is 9.60. The maximum Gasteiger partial charge on any atom is 0.0697 e. The fourth-order valence-corrected chi connectivity index (χ4v) is 13.7. The zero-order valence-electron chi connectivity index (χ0n) is 44.1. The molecule has 3 aliphatic rings. The van der Waals surface area contributed by atoms with E-state index in [-0.39, 0.29) is 12.0 Å². The molecule has 0 amide bonds. The molecule has 15 rings (SSSR count). The Kier molecular flexibility index (Phi) is 11.6. The maximum atomic E-state index is 2.67. The molecule has 3 aliphatic carbocycles. The molecule has 0 saturated carbocycles. The first-order valence-electron chi connectivity index (χ1n) is 27.8. The van der Waals surface area contributed by atoms with Crippen LogP contribution in [0.2, 0.25) is 0 Å². The van der Waals surface area contributed by atoms with Crippen LogP contribution in [-0.2, 0) is 5.41 Å². The predicted molar refractivity (Wildman–Crippen MR) is 335 cm³/mol. The fourth-order valence-electron chi connectivity index (χ4n) is 13.7. The molecule has 0 aromatic heterocycles. The van der Waals surface area contributed by atoms with Crippen molar-refractivity contribution in [2.75, 3.05) is 14.7 Å². The number of benzene rings is 12. The molecule has 3 nitrogen and oxygen atoms in total. The summed E-state index contributed by atoms with van der Waals surface area (Å²) in [7, 11) is 0. The third-order valence-corrected chi connectivity index (χ3v) is 16.8. The Hall–Kier alpha value is -10.2. The van der Waals surface area contributed by atoms with E-state index in [1.807, 2.05) is 0 Å². The van der Waals surface area contributed by atoms with E-state index in [0.717, 1.165) is 45.5 Å². The van der Waals surface area contributed by atoms with Crippen LogP contribution >= 0.6 is 0 Å². The van der Waals surface area contributed by atoms with E-state index in [9.17, 15) is 0 Å². The molecule has 12 aromatic rings. The van der Waals surface area contributed by atoms with Gasteiger partial charge in [-0.3, -0.25) is 0 Å². The Morgan fingerprint density at radius 1 is 0.338 bits per heavy atom. The molecule has 2 atom stereocenters. The summed E-state index contributed by atoms with van der Waals surface area (Å²) >= 11 is 0. The van der Waals surface area contributed by atoms with Gasteiger partial charge in [0.1, 0.15) is 0 Å². The molecule has 12 aromatic carbocycles. The van der Waals surface area contributed by atoms with Gasteiger partial charge in [-0.25, -0.2) is 0 Å². The Morgan fingerprint density at radius 2 is 0.750 bits per heavy atom. The van der Waals surface area contributed by atoms with Crippen LogP contribution in [0.4, 0.5) is 45.5 Å². The lowest BCUT2D eigenvalue weighted by Crippen LogP contribution is -2.47. The summed E-state index contributed by atoms with van der Waals surface area (Å²) in [6.45, 7) is 0. The largest absolute Gasteiger partial charge is 0.333 e. The summed E-state index contributed by atoms with van der Waals surface area (Å²) < 4.78 is 0. The Balaban J connectivity index is 1.14. The monoisotopic (exact) mass is 1020 g/mol. The van der Waals surface area contributed by atoms with Crippen molar-refractivity contribution in [2.24, 2.45) is 0 Å². The van der Waals surface area contributed by atoms with Crippen molar-refractivity contribution in [3.63, 3.8) is 0 Å². The van der Waals surface area contributed by atoms with Gasteiger partial charge >= 0.3 is 0 Å². The van der Waals surface area contributed by atoms with Gasteiger partial charge in [-0.05, 0) is 146 Å². The van der Waals surface area contributed by atoms with E-state index >= 15 is 0 Å². The predicted octanol–water partition coefficient (Wildman–Crippen LogP) is 19.9. The maximum absolute atomic E-state index is 2.67. The van der Waals surface area contributed by atoms with Gasteiger partial charge < -0.3 is 14.7 Å². The molecular formula is C77H55N3. The minimum atomic E-state index is -0.729. The van der Waals surface area contributed by atoms with Gasteiger partial charge in [0.05, 0.1) is 22.8 Å². The smallest absolute Gasteiger partial charge is 0.0697 e. The Labute approximate surface area is 468 Å². The Morgan fingerprint density at radius 3 is 1.23 bits per heavy atom. The molecule has 0 radical (unpaired) electrons. The number of rotatable bonds is 12. The highest BCUT2D eigenvalue weighted by Crippen LogP contribution is 2.65. The van der Waals surface area contributed by atoms with Gasteiger partial charge in [0.25, 0.3) is 0 Å². The number of hydrogen-bond acceptors (Lipinski definition) is 3. The molecule has 0 bridgehead atoms. The average Bonchev–Trinajstić information content (AvgIpc) is 3.99. The standard InChI is InChI=1S/C77H55N3/c1-10-28-54(29-11-1)55-46-47-64-69(52-55)77(56-30-12-2-13-31-56,57-32-14-3-15-33-57)75-74(64)67-50-48-65-70(78(58-34-16-4-17-35-58)59-36-18-5-19-37-59)53-71(79(60-38-20-6-21-39-60)61-40-22-7-23-41-61)66-49-51-68(73(67)72(65)66)76(75)80(62-42-24-8-25-43-62)63-44-26-9-27-45-63/h1-53,68,76H. The summed E-state index contributed by atoms with van der Waals surface area (Å²) in [6.07, 6.45) is 5.04. The second-order valence-corrected chi connectivity index (χ2v) is 21.1. The van der Waals surface area contributed by atoms with E-state index in [1.165, 1.54) is 72.0 Å². The normalized spacial score (nSPS) is 15.2. The molecular weight excluding hydrogens is 967 g/mol. The molecule has 2 unspecified atom stereocenters. The van der Waals surface area contributed by atoms with Gasteiger partial charge in [0.2, 0.25) is 0 Å². The highest BCUT2D eigenvalue weighted by Gasteiger charge is 2.56. The minimum Gasteiger partial charge on any atom is -0.333 e. The Bertz CT molecular complexity index is 4110. The fraction of sp³-hybridized carbons (Fsp3) is 0.0390. The van der Waals surface area contributed by atoms with Crippen LogP contribution in [0.5, 0.6) is 0 Å². The molecule has 0 N–H and O–H groups in total. The molecule has 0 aliphatic heterocycles. The van der Waals surface area contributed by atoms with E-state index < -0.39 is 5.41 Å². The molecule has 3 heteroatoms. The van der Waals surface area contributed by atoms with Crippen molar-refractivity contribution >= 4 is 67.9 Å². The van der Waals surface area contributed by atoms with Crippen LogP contribution in [0.1, 0.15) is 44.9 Å². The third-order valence-electron chi connectivity index (χ3n) is 16.8. The quantitative estimate of drug-likeness (QED) is 0.121. The first kappa shape index (κ1) is 47.0. The molecule has 80 heavy (non-hydrogen) atoms. The van der Waals surface area contributed by atoms with Gasteiger partial charge in [-0.2, -0.15) is 0 Å². The van der Waals surface area contributed by atoms with Crippen LogP contribution in [0.25, 0.3) is 33.5 Å². The summed E-state index contributed by atoms with van der Waals surface area (Å²) in [6, 6.07) is 114. The molecule has 0 heterocycles. The molecule has 0 spiro atoms. The van der Waals surface area contributed by atoms with Gasteiger partial charge in [-0.1, -0.05) is 237 Å². The first-order chi connectivity index (χ1) is 39.8. The molecule has 0 fully saturated rings. The van der Waals surface area contributed by atoms with Gasteiger partial charge in [-0.15, -0.1) is 0 Å². The SMILES string of the molecule is C1=CC2c3c(ccc4c(N(c5ccccc5)c5ccccc5)cc(N(c5ccccc5)c5ccccc5)c1c34)C1=C(C2N(c2ccccc2)c2ccccc2)C(c2ccccc2)(c2ccccc2)c2cc(-c3ccccc3)ccc21. The number of anilines is 8. The highest BCUT2D eigenvalue weighted by atomic mass is 15.2. The summed E-state index contributed by atoms with van der Waals surface area (Å²) in [5.74, 6) is -0.137. The second-order valence-electron chi connectivity index (χ2n) is 21.1. The van der Waals surface area contributed by atoms with Crippen molar-refractivity contribution < 1.29 is 0 Å². The van der Waals surface area contributed by atoms with Crippen LogP contribution in [0.3, 0.4) is 0 Å². The second kappa shape index (κ2) is 19.7. The summed E-state index contributed by atoms with van der Waals surface area (Å²) in [5, 5.41) is 2.45. The number of nitrogens with zero attached hydrogens (tertiary/aromatic N) is 3. The van der Waals surface area contributed by atoms with E-state index in [4.69, 9.17) is 0 Å². The lowest BCUT2D eigenvalue weighted by Gasteiger charge is -2.49. The summed E-state index contributed by atoms with van der Waals surface area (Å²) in [4.78, 5) is 7.61. The van der Waals surface area contributed by atoms with Gasteiger partial charge in [0, 0.05) is 51.0 Å². The van der Waals surface area contributed by atoms with Crippen LogP contribution in [-0.4, -0.2) is 6.04 Å². The average molecular weight is 1020 g/mol. The van der Waals surface area contributed by atoms with Crippen LogP contribution < -0.4 is 14.7 Å². The topological polar surface area (TPSA) is 9.72 Å². The van der Waals surface area contributed by atoms with E-state index in [0.29, 0.717) is 0 Å². The zero-order valence-corrected chi connectivity index (χ0v) is 44.1. The molecule has 0 saturated heterocycles. The van der Waals surface area contributed by atoms with Crippen LogP contribution in [0.15, 0.2) is 321 Å². The van der Waals surface area contributed by atoms with E-state index in [2.05, 4.69) is 336 Å². The van der Waals surface area contributed by atoms with E-state index in [1.54, 1.807) is 0 Å². The first-order valence-corrected chi connectivity index (χ1v) is 27.8. The molecule has 378 valence electrons. The summed E-state index contributed by atoms with van der Waals surface area (Å²) in [5.41, 5.74) is 22.0. The van der Waals surface area contributed by atoms with Crippen molar-refractivity contribution in [3.05, 3.63) is 360 Å². The zero-order chi connectivity index (χ0) is 53.0. The number of fused-ring (bicyclic) bond motifs is 3. The van der Waals surface area contributed by atoms with Gasteiger partial charge in [0.15, 0.2) is 0 Å². The van der Waals surface area contributed by atoms with Crippen molar-refractivity contribution in [1.29, 1.82) is 0 Å². The van der Waals surface area contributed by atoms with Crippen molar-refractivity contribution in [2.45, 2.75) is 17.4 Å². The van der Waals surface area contributed by atoms with Crippen molar-refractivity contribution in [3.8, 4) is 11.1 Å². The number of hydrogen-bond donors (Lipinski definition) is 0. The van der Waals surface area contributed by atoms with Crippen LogP contribution in [0, 0.1) is 0 Å². The minimum absolute atomic E-state index is 0.137. The van der Waals surface area contributed by atoms with Crippen molar-refractivity contribution in [1.82, 2.24) is 0 Å². The highest BCUT2D eigenvalue weighted by molar-refractivity contribution is 6.14.